The maximum Gasteiger partial charge on any atom is 0.222 e. The van der Waals surface area contributed by atoms with Crippen molar-refractivity contribution >= 4 is 5.91 Å². The monoisotopic (exact) mass is 289 g/mol. The molecular formula is C14H19N5O2. The van der Waals surface area contributed by atoms with Crippen molar-refractivity contribution in [3.63, 3.8) is 0 Å². The Labute approximate surface area is 122 Å². The molecule has 21 heavy (non-hydrogen) atoms. The van der Waals surface area contributed by atoms with Crippen LogP contribution in [0.1, 0.15) is 43.0 Å². The number of amides is 1. The summed E-state index contributed by atoms with van der Waals surface area (Å²) in [6.45, 7) is 1.56. The van der Waals surface area contributed by atoms with E-state index in [2.05, 4.69) is 20.3 Å². The van der Waals surface area contributed by atoms with Crippen LogP contribution in [-0.4, -0.2) is 44.2 Å². The van der Waals surface area contributed by atoms with E-state index in [1.807, 2.05) is 11.1 Å². The van der Waals surface area contributed by atoms with Crippen molar-refractivity contribution in [3.05, 3.63) is 30.2 Å². The third-order valence-corrected chi connectivity index (χ3v) is 4.00. The first kappa shape index (κ1) is 13.8. The Kier molecular flexibility index (Phi) is 4.28. The standard InChI is InChI=1S/C14H19N5O2/c20-13(3-1-2-11-8-16-17-9-11)19-6-4-12(5-7-19)14-15-10-21-18-14/h8-10,12H,1-7H2,(H,16,17). The van der Waals surface area contributed by atoms with Crippen LogP contribution in [0.5, 0.6) is 0 Å². The van der Waals surface area contributed by atoms with Gasteiger partial charge in [0.25, 0.3) is 0 Å². The Bertz CT molecular complexity index is 544. The molecule has 0 spiro atoms. The van der Waals surface area contributed by atoms with Crippen molar-refractivity contribution in [1.82, 2.24) is 25.2 Å². The molecule has 1 amide bonds. The van der Waals surface area contributed by atoms with Gasteiger partial charge in [0, 0.05) is 31.6 Å². The van der Waals surface area contributed by atoms with E-state index in [9.17, 15) is 4.79 Å². The highest BCUT2D eigenvalue weighted by atomic mass is 16.5. The highest BCUT2D eigenvalue weighted by Crippen LogP contribution is 2.25. The zero-order valence-electron chi connectivity index (χ0n) is 11.9. The number of aryl methyl sites for hydroxylation is 1. The van der Waals surface area contributed by atoms with Crippen molar-refractivity contribution in [2.75, 3.05) is 13.1 Å². The van der Waals surface area contributed by atoms with Crippen LogP contribution >= 0.6 is 0 Å². The number of piperidine rings is 1. The van der Waals surface area contributed by atoms with E-state index in [4.69, 9.17) is 4.52 Å². The molecule has 3 heterocycles. The number of hydrogen-bond acceptors (Lipinski definition) is 5. The van der Waals surface area contributed by atoms with Gasteiger partial charge in [-0.25, -0.2) is 0 Å². The fourth-order valence-electron chi connectivity index (χ4n) is 2.76. The summed E-state index contributed by atoms with van der Waals surface area (Å²) in [4.78, 5) is 18.2. The van der Waals surface area contributed by atoms with Crippen LogP contribution in [0.4, 0.5) is 0 Å². The third-order valence-electron chi connectivity index (χ3n) is 4.00. The number of likely N-dealkylation sites (tertiary alicyclic amines) is 1. The third kappa shape index (κ3) is 3.48. The molecule has 7 heteroatoms. The van der Waals surface area contributed by atoms with Gasteiger partial charge >= 0.3 is 0 Å². The highest BCUT2D eigenvalue weighted by Gasteiger charge is 2.25. The lowest BCUT2D eigenvalue weighted by atomic mass is 9.96. The molecule has 3 rings (SSSR count). The van der Waals surface area contributed by atoms with Gasteiger partial charge < -0.3 is 9.42 Å². The number of aromatic amines is 1. The van der Waals surface area contributed by atoms with Crippen molar-refractivity contribution in [2.45, 2.75) is 38.0 Å². The zero-order chi connectivity index (χ0) is 14.5. The molecule has 1 N–H and O–H groups in total. The molecule has 1 fully saturated rings. The van der Waals surface area contributed by atoms with Gasteiger partial charge in [-0.1, -0.05) is 5.16 Å². The number of aromatic nitrogens is 4. The molecule has 0 aliphatic carbocycles. The molecule has 1 aliphatic heterocycles. The molecule has 0 unspecified atom stereocenters. The molecule has 0 aromatic carbocycles. The summed E-state index contributed by atoms with van der Waals surface area (Å²) < 4.78 is 4.78. The predicted octanol–water partition coefficient (Wildman–Crippen LogP) is 1.52. The number of carbonyl (C=O) groups excluding carboxylic acids is 1. The normalized spacial score (nSPS) is 16.3. The van der Waals surface area contributed by atoms with Gasteiger partial charge in [0.2, 0.25) is 12.3 Å². The molecule has 0 bridgehead atoms. The summed E-state index contributed by atoms with van der Waals surface area (Å²) in [6, 6.07) is 0. The summed E-state index contributed by atoms with van der Waals surface area (Å²) in [6.07, 6.45) is 9.22. The molecule has 7 nitrogen and oxygen atoms in total. The topological polar surface area (TPSA) is 87.9 Å². The second-order valence-electron chi connectivity index (χ2n) is 5.40. The molecule has 2 aromatic rings. The van der Waals surface area contributed by atoms with Gasteiger partial charge in [-0.15, -0.1) is 0 Å². The van der Waals surface area contributed by atoms with Crippen molar-refractivity contribution in [1.29, 1.82) is 0 Å². The first-order chi connectivity index (χ1) is 10.3. The second-order valence-corrected chi connectivity index (χ2v) is 5.40. The molecular weight excluding hydrogens is 270 g/mol. The molecule has 0 atom stereocenters. The molecule has 0 radical (unpaired) electrons. The van der Waals surface area contributed by atoms with Crippen LogP contribution in [0, 0.1) is 0 Å². The van der Waals surface area contributed by atoms with E-state index in [0.717, 1.165) is 50.2 Å². The Morgan fingerprint density at radius 3 is 2.95 bits per heavy atom. The number of hydrogen-bond donors (Lipinski definition) is 1. The molecule has 112 valence electrons. The maximum atomic E-state index is 12.2. The molecule has 0 saturated carbocycles. The van der Waals surface area contributed by atoms with Gasteiger partial charge in [0.15, 0.2) is 5.82 Å². The van der Waals surface area contributed by atoms with E-state index < -0.39 is 0 Å². The molecule has 1 aliphatic rings. The van der Waals surface area contributed by atoms with E-state index in [1.165, 1.54) is 6.39 Å². The number of carbonyl (C=O) groups is 1. The van der Waals surface area contributed by atoms with Crippen molar-refractivity contribution < 1.29 is 9.32 Å². The lowest BCUT2D eigenvalue weighted by Gasteiger charge is -2.30. The molecule has 1 saturated heterocycles. The van der Waals surface area contributed by atoms with Gasteiger partial charge in [-0.2, -0.15) is 10.1 Å². The van der Waals surface area contributed by atoms with Crippen LogP contribution in [-0.2, 0) is 11.2 Å². The lowest BCUT2D eigenvalue weighted by Crippen LogP contribution is -2.38. The minimum Gasteiger partial charge on any atom is -0.343 e. The van der Waals surface area contributed by atoms with Crippen LogP contribution in [0.15, 0.2) is 23.3 Å². The summed E-state index contributed by atoms with van der Waals surface area (Å²) >= 11 is 0. The van der Waals surface area contributed by atoms with E-state index in [-0.39, 0.29) is 5.91 Å². The summed E-state index contributed by atoms with van der Waals surface area (Å²) in [5.41, 5.74) is 1.15. The Morgan fingerprint density at radius 2 is 2.29 bits per heavy atom. The van der Waals surface area contributed by atoms with Crippen molar-refractivity contribution in [3.8, 4) is 0 Å². The Hall–Kier alpha value is -2.18. The average molecular weight is 289 g/mol. The first-order valence-corrected chi connectivity index (χ1v) is 7.34. The zero-order valence-corrected chi connectivity index (χ0v) is 11.9. The molecule has 2 aromatic heterocycles. The summed E-state index contributed by atoms with van der Waals surface area (Å²) in [7, 11) is 0. The number of nitrogens with zero attached hydrogens (tertiary/aromatic N) is 4. The minimum absolute atomic E-state index is 0.241. The summed E-state index contributed by atoms with van der Waals surface area (Å²) in [5.74, 6) is 1.32. The van der Waals surface area contributed by atoms with Crippen molar-refractivity contribution in [2.24, 2.45) is 0 Å². The minimum atomic E-state index is 0.241. The van der Waals surface area contributed by atoms with Gasteiger partial charge in [0.1, 0.15) is 0 Å². The van der Waals surface area contributed by atoms with Crippen LogP contribution in [0.25, 0.3) is 0 Å². The quantitative estimate of drug-likeness (QED) is 0.901. The maximum absolute atomic E-state index is 12.2. The second kappa shape index (κ2) is 6.51. The highest BCUT2D eigenvalue weighted by molar-refractivity contribution is 5.76. The smallest absolute Gasteiger partial charge is 0.222 e. The number of nitrogens with one attached hydrogen (secondary N) is 1. The van der Waals surface area contributed by atoms with Crippen LogP contribution in [0.2, 0.25) is 0 Å². The van der Waals surface area contributed by atoms with Gasteiger partial charge in [-0.05, 0) is 31.2 Å². The largest absolute Gasteiger partial charge is 0.343 e. The number of H-pyrrole nitrogens is 1. The van der Waals surface area contributed by atoms with Gasteiger partial charge in [0.05, 0.1) is 6.20 Å². The SMILES string of the molecule is O=C(CCCc1cn[nH]c1)N1CCC(c2ncon2)CC1. The fraction of sp³-hybridized carbons (Fsp3) is 0.571. The van der Waals surface area contributed by atoms with E-state index in [0.29, 0.717) is 12.3 Å². The lowest BCUT2D eigenvalue weighted by molar-refractivity contribution is -0.132. The first-order valence-electron chi connectivity index (χ1n) is 7.34. The Morgan fingerprint density at radius 1 is 1.43 bits per heavy atom. The average Bonchev–Trinajstić information content (AvgIpc) is 3.21. The van der Waals surface area contributed by atoms with Crippen LogP contribution < -0.4 is 0 Å². The van der Waals surface area contributed by atoms with E-state index in [1.54, 1.807) is 6.20 Å². The van der Waals surface area contributed by atoms with Crippen LogP contribution in [0.3, 0.4) is 0 Å². The van der Waals surface area contributed by atoms with Gasteiger partial charge in [-0.3, -0.25) is 9.89 Å². The summed E-state index contributed by atoms with van der Waals surface area (Å²) in [5, 5.41) is 10.6. The van der Waals surface area contributed by atoms with E-state index >= 15 is 0 Å². The fourth-order valence-corrected chi connectivity index (χ4v) is 2.76. The number of rotatable bonds is 5. The Balaban J connectivity index is 1.40. The predicted molar refractivity (Wildman–Crippen MR) is 74.4 cm³/mol.